The molecule has 28 heavy (non-hydrogen) atoms. The zero-order valence-electron chi connectivity index (χ0n) is 18.2. The second-order valence-corrected chi connectivity index (χ2v) is 8.05. The fourth-order valence-electron chi connectivity index (χ4n) is 3.39. The molecule has 160 valence electrons. The summed E-state index contributed by atoms with van der Waals surface area (Å²) in [6.45, 7) is 11.1. The summed E-state index contributed by atoms with van der Waals surface area (Å²) < 4.78 is 10.7. The van der Waals surface area contributed by atoms with E-state index in [-0.39, 0.29) is 29.4 Å². The molecule has 2 rings (SSSR count). The van der Waals surface area contributed by atoms with Crippen molar-refractivity contribution in [1.82, 2.24) is 10.2 Å². The normalized spacial score (nSPS) is 15.7. The number of halogens is 1. The molecular weight excluding hydrogens is 465 g/mol. The van der Waals surface area contributed by atoms with Crippen LogP contribution in [0.25, 0.3) is 0 Å². The first-order valence-corrected chi connectivity index (χ1v) is 10.2. The van der Waals surface area contributed by atoms with E-state index in [0.717, 1.165) is 50.5 Å². The number of hydrogen-bond acceptors (Lipinski definition) is 3. The number of nitrogens with zero attached hydrogens (tertiary/aromatic N) is 2. The Bertz CT molecular complexity index is 584. The lowest BCUT2D eigenvalue weighted by atomic mass is 9.85. The van der Waals surface area contributed by atoms with Gasteiger partial charge in [0.1, 0.15) is 5.75 Å². The second kappa shape index (κ2) is 12.5. The summed E-state index contributed by atoms with van der Waals surface area (Å²) in [6, 6.07) is 8.31. The number of methoxy groups -OCH3 is 1. The van der Waals surface area contributed by atoms with E-state index in [1.807, 2.05) is 12.1 Å². The number of ether oxygens (including phenoxy) is 2. The van der Waals surface area contributed by atoms with Crippen molar-refractivity contribution in [3.8, 4) is 5.75 Å². The molecule has 1 fully saturated rings. The number of hydrogen-bond donors (Lipinski definition) is 1. The van der Waals surface area contributed by atoms with E-state index in [2.05, 4.69) is 50.2 Å². The van der Waals surface area contributed by atoms with Gasteiger partial charge in [-0.05, 0) is 49.8 Å². The van der Waals surface area contributed by atoms with Crippen LogP contribution in [0, 0.1) is 5.92 Å². The van der Waals surface area contributed by atoms with Crippen LogP contribution in [0.2, 0.25) is 0 Å². The number of rotatable bonds is 8. The Kier molecular flexibility index (Phi) is 11.2. The highest BCUT2D eigenvalue weighted by Crippen LogP contribution is 2.25. The first-order valence-electron chi connectivity index (χ1n) is 10.2. The molecule has 1 saturated heterocycles. The number of guanidine groups is 1. The molecule has 5 nitrogen and oxygen atoms in total. The summed E-state index contributed by atoms with van der Waals surface area (Å²) in [6.07, 6.45) is 3.57. The van der Waals surface area contributed by atoms with Crippen LogP contribution in [0.3, 0.4) is 0 Å². The maximum Gasteiger partial charge on any atom is 0.193 e. The van der Waals surface area contributed by atoms with Crippen molar-refractivity contribution in [1.29, 1.82) is 0 Å². The van der Waals surface area contributed by atoms with Gasteiger partial charge >= 0.3 is 0 Å². The van der Waals surface area contributed by atoms with Gasteiger partial charge in [-0.1, -0.05) is 26.0 Å². The smallest absolute Gasteiger partial charge is 0.193 e. The monoisotopic (exact) mass is 503 g/mol. The van der Waals surface area contributed by atoms with E-state index < -0.39 is 0 Å². The van der Waals surface area contributed by atoms with Crippen molar-refractivity contribution in [3.05, 3.63) is 29.8 Å². The third kappa shape index (κ3) is 7.78. The molecule has 0 unspecified atom stereocenters. The molecule has 1 aliphatic heterocycles. The Balaban J connectivity index is 0.00000392. The Hall–Kier alpha value is -1.02. The van der Waals surface area contributed by atoms with E-state index in [1.54, 1.807) is 7.11 Å². The van der Waals surface area contributed by atoms with E-state index in [1.165, 1.54) is 24.8 Å². The van der Waals surface area contributed by atoms with Crippen molar-refractivity contribution in [3.63, 3.8) is 0 Å². The van der Waals surface area contributed by atoms with E-state index >= 15 is 0 Å². The van der Waals surface area contributed by atoms with E-state index in [9.17, 15) is 0 Å². The lowest BCUT2D eigenvalue weighted by molar-refractivity contribution is 0.0625. The highest BCUT2D eigenvalue weighted by atomic mass is 127. The van der Waals surface area contributed by atoms with Gasteiger partial charge in [-0.3, -0.25) is 4.99 Å². The van der Waals surface area contributed by atoms with Gasteiger partial charge in [0.2, 0.25) is 0 Å². The summed E-state index contributed by atoms with van der Waals surface area (Å²) in [5.74, 6) is 2.66. The highest BCUT2D eigenvalue weighted by molar-refractivity contribution is 14.0. The van der Waals surface area contributed by atoms with E-state index in [0.29, 0.717) is 0 Å². The van der Waals surface area contributed by atoms with Crippen LogP contribution >= 0.6 is 24.0 Å². The number of nitrogens with one attached hydrogen (secondary N) is 1. The van der Waals surface area contributed by atoms with Gasteiger partial charge in [-0.25, -0.2) is 0 Å². The molecular formula is C22H38IN3O2. The lowest BCUT2D eigenvalue weighted by Gasteiger charge is -2.28. The predicted octanol–water partition coefficient (Wildman–Crippen LogP) is 4.30. The van der Waals surface area contributed by atoms with Crippen molar-refractivity contribution < 1.29 is 9.47 Å². The Labute approximate surface area is 188 Å². The fraction of sp³-hybridized carbons (Fsp3) is 0.682. The zero-order chi connectivity index (χ0) is 19.7. The average molecular weight is 503 g/mol. The quantitative estimate of drug-likeness (QED) is 0.327. The molecule has 6 heteroatoms. The Morgan fingerprint density at radius 3 is 2.46 bits per heavy atom. The fourth-order valence-corrected chi connectivity index (χ4v) is 3.39. The van der Waals surface area contributed by atoms with Gasteiger partial charge < -0.3 is 19.7 Å². The Morgan fingerprint density at radius 2 is 1.89 bits per heavy atom. The molecule has 0 spiro atoms. The zero-order valence-corrected chi connectivity index (χ0v) is 20.5. The van der Waals surface area contributed by atoms with Gasteiger partial charge in [-0.2, -0.15) is 0 Å². The molecule has 0 atom stereocenters. The minimum absolute atomic E-state index is 0. The number of benzene rings is 1. The molecule has 0 saturated carbocycles. The standard InChI is InChI=1S/C22H37N3O2.HI/c1-6-23-21(25(4)14-11-18-12-15-27-16-13-18)24-17-22(2,3)19-7-9-20(26-5)10-8-19;/h7-10,18H,6,11-17H2,1-5H3,(H,23,24);1H. The van der Waals surface area contributed by atoms with Crippen LogP contribution in [0.1, 0.15) is 45.6 Å². The summed E-state index contributed by atoms with van der Waals surface area (Å²) in [4.78, 5) is 7.21. The molecule has 0 bridgehead atoms. The molecule has 0 amide bonds. The maximum atomic E-state index is 5.47. The third-order valence-electron chi connectivity index (χ3n) is 5.41. The average Bonchev–Trinajstić information content (AvgIpc) is 2.70. The van der Waals surface area contributed by atoms with Crippen molar-refractivity contribution in [2.45, 2.75) is 45.4 Å². The minimum Gasteiger partial charge on any atom is -0.497 e. The molecule has 1 heterocycles. The summed E-state index contributed by atoms with van der Waals surface area (Å²) in [7, 11) is 3.84. The third-order valence-corrected chi connectivity index (χ3v) is 5.41. The SMILES string of the molecule is CCNC(=NCC(C)(C)c1ccc(OC)cc1)N(C)CCC1CCOCC1.I. The Morgan fingerprint density at radius 1 is 1.25 bits per heavy atom. The highest BCUT2D eigenvalue weighted by Gasteiger charge is 2.21. The van der Waals surface area contributed by atoms with Gasteiger partial charge in [0, 0.05) is 38.8 Å². The first-order chi connectivity index (χ1) is 13.0. The van der Waals surface area contributed by atoms with Gasteiger partial charge in [0.15, 0.2) is 5.96 Å². The molecule has 1 N–H and O–H groups in total. The van der Waals surface area contributed by atoms with Gasteiger partial charge in [-0.15, -0.1) is 24.0 Å². The number of aliphatic imine (C=N–C) groups is 1. The molecule has 0 radical (unpaired) electrons. The predicted molar refractivity (Wildman–Crippen MR) is 128 cm³/mol. The van der Waals surface area contributed by atoms with Crippen molar-refractivity contribution >= 4 is 29.9 Å². The molecule has 0 aromatic heterocycles. The van der Waals surface area contributed by atoms with Crippen LogP contribution in [0.5, 0.6) is 5.75 Å². The molecule has 0 aliphatic carbocycles. The van der Waals surface area contributed by atoms with Crippen LogP contribution in [0.15, 0.2) is 29.3 Å². The van der Waals surface area contributed by atoms with Crippen molar-refractivity contribution in [2.75, 3.05) is 47.0 Å². The maximum absolute atomic E-state index is 5.47. The summed E-state index contributed by atoms with van der Waals surface area (Å²) >= 11 is 0. The molecule has 1 aliphatic rings. The summed E-state index contributed by atoms with van der Waals surface area (Å²) in [5, 5.41) is 3.44. The van der Waals surface area contributed by atoms with Crippen molar-refractivity contribution in [2.24, 2.45) is 10.9 Å². The minimum atomic E-state index is -0.0332. The van der Waals surface area contributed by atoms with Crippen LogP contribution in [0.4, 0.5) is 0 Å². The van der Waals surface area contributed by atoms with Crippen LogP contribution in [-0.4, -0.2) is 57.9 Å². The molecule has 1 aromatic rings. The van der Waals surface area contributed by atoms with Crippen LogP contribution < -0.4 is 10.1 Å². The molecule has 1 aromatic carbocycles. The van der Waals surface area contributed by atoms with Gasteiger partial charge in [0.25, 0.3) is 0 Å². The second-order valence-electron chi connectivity index (χ2n) is 8.05. The summed E-state index contributed by atoms with van der Waals surface area (Å²) in [5.41, 5.74) is 1.24. The van der Waals surface area contributed by atoms with E-state index in [4.69, 9.17) is 14.5 Å². The lowest BCUT2D eigenvalue weighted by Crippen LogP contribution is -2.41. The topological polar surface area (TPSA) is 46.1 Å². The van der Waals surface area contributed by atoms with Gasteiger partial charge in [0.05, 0.1) is 13.7 Å². The van der Waals surface area contributed by atoms with Crippen LogP contribution in [-0.2, 0) is 10.2 Å². The first kappa shape index (κ1) is 25.0. The largest absolute Gasteiger partial charge is 0.497 e.